The molecule has 2 amide bonds. The normalized spacial score (nSPS) is 10.4. The molecule has 0 fully saturated rings. The number of hydrogen-bond donors (Lipinski definition) is 2. The fourth-order valence-corrected chi connectivity index (χ4v) is 3.40. The topological polar surface area (TPSA) is 71.1 Å². The molecule has 7 heteroatoms. The molecule has 0 aliphatic rings. The summed E-state index contributed by atoms with van der Waals surface area (Å²) in [7, 11) is 0. The summed E-state index contributed by atoms with van der Waals surface area (Å²) < 4.78 is 0. The van der Waals surface area contributed by atoms with Crippen molar-refractivity contribution in [2.75, 3.05) is 23.1 Å². The molecule has 0 radical (unpaired) electrons. The number of rotatable bonds is 6. The van der Waals surface area contributed by atoms with E-state index in [0.29, 0.717) is 11.4 Å². The number of benzene rings is 2. The van der Waals surface area contributed by atoms with Gasteiger partial charge in [0, 0.05) is 21.2 Å². The lowest BCUT2D eigenvalue weighted by Crippen LogP contribution is -2.18. The van der Waals surface area contributed by atoms with E-state index in [-0.39, 0.29) is 23.2 Å². The van der Waals surface area contributed by atoms with Crippen LogP contribution < -0.4 is 10.6 Å². The smallest absolute Gasteiger partial charge is 0.274 e. The zero-order chi connectivity index (χ0) is 19.9. The summed E-state index contributed by atoms with van der Waals surface area (Å²) in [5.74, 6) is -0.727. The largest absolute Gasteiger partial charge is 0.321 e. The summed E-state index contributed by atoms with van der Waals surface area (Å²) in [6, 6.07) is 19.9. The SMILES string of the molecule is CSc1cccc(NC(=O)c2cccc(C(=O)Nc3cccc(SC)c3)n2)c1. The maximum atomic E-state index is 12.5. The first-order valence-corrected chi connectivity index (χ1v) is 10.9. The highest BCUT2D eigenvalue weighted by Gasteiger charge is 2.13. The zero-order valence-electron chi connectivity index (χ0n) is 15.4. The third-order valence-corrected chi connectivity index (χ3v) is 5.32. The van der Waals surface area contributed by atoms with E-state index >= 15 is 0 Å². The molecule has 0 atom stereocenters. The molecule has 1 heterocycles. The molecular weight excluding hydrogens is 390 g/mol. The second-order valence-corrected chi connectivity index (χ2v) is 7.54. The minimum atomic E-state index is -0.364. The number of nitrogens with one attached hydrogen (secondary N) is 2. The Morgan fingerprint density at radius 3 is 1.57 bits per heavy atom. The number of pyridine rings is 1. The van der Waals surface area contributed by atoms with Gasteiger partial charge >= 0.3 is 0 Å². The van der Waals surface area contributed by atoms with Crippen LogP contribution in [0.2, 0.25) is 0 Å². The van der Waals surface area contributed by atoms with Crippen molar-refractivity contribution in [1.29, 1.82) is 0 Å². The number of carbonyl (C=O) groups is 2. The van der Waals surface area contributed by atoms with Crippen LogP contribution in [0.4, 0.5) is 11.4 Å². The fourth-order valence-electron chi connectivity index (χ4n) is 2.48. The Labute approximate surface area is 172 Å². The second kappa shape index (κ2) is 9.43. The molecular formula is C21H19N3O2S2. The molecule has 5 nitrogen and oxygen atoms in total. The van der Waals surface area contributed by atoms with Crippen molar-refractivity contribution < 1.29 is 9.59 Å². The Morgan fingerprint density at radius 1 is 0.714 bits per heavy atom. The molecule has 0 aliphatic carbocycles. The van der Waals surface area contributed by atoms with Gasteiger partial charge in [0.05, 0.1) is 0 Å². The Kier molecular flexibility index (Phi) is 6.73. The monoisotopic (exact) mass is 409 g/mol. The van der Waals surface area contributed by atoms with Gasteiger partial charge in [0.25, 0.3) is 11.8 Å². The highest BCUT2D eigenvalue weighted by Crippen LogP contribution is 2.20. The van der Waals surface area contributed by atoms with E-state index in [1.165, 1.54) is 0 Å². The zero-order valence-corrected chi connectivity index (χ0v) is 17.1. The van der Waals surface area contributed by atoms with Crippen molar-refractivity contribution in [2.45, 2.75) is 9.79 Å². The molecule has 0 saturated heterocycles. The Bertz CT molecular complexity index is 931. The van der Waals surface area contributed by atoms with Gasteiger partial charge in [-0.05, 0) is 61.0 Å². The van der Waals surface area contributed by atoms with Crippen molar-refractivity contribution in [3.8, 4) is 0 Å². The van der Waals surface area contributed by atoms with Crippen LogP contribution in [0.15, 0.2) is 76.5 Å². The van der Waals surface area contributed by atoms with Gasteiger partial charge in [0.2, 0.25) is 0 Å². The standard InChI is InChI=1S/C21H19N3O2S2/c1-27-16-8-3-6-14(12-16)22-20(25)18-10-5-11-19(24-18)21(26)23-15-7-4-9-17(13-15)28-2/h3-13H,1-2H3,(H,22,25)(H,23,26). The summed E-state index contributed by atoms with van der Waals surface area (Å²) in [5.41, 5.74) is 1.73. The Hall–Kier alpha value is -2.77. The predicted octanol–water partition coefficient (Wildman–Crippen LogP) is 5.03. The molecule has 28 heavy (non-hydrogen) atoms. The first-order valence-electron chi connectivity index (χ1n) is 8.47. The van der Waals surface area contributed by atoms with E-state index in [2.05, 4.69) is 15.6 Å². The molecule has 142 valence electrons. The molecule has 0 aliphatic heterocycles. The highest BCUT2D eigenvalue weighted by atomic mass is 32.2. The van der Waals surface area contributed by atoms with E-state index in [4.69, 9.17) is 0 Å². The van der Waals surface area contributed by atoms with Crippen LogP contribution in [0.3, 0.4) is 0 Å². The molecule has 0 saturated carbocycles. The van der Waals surface area contributed by atoms with Crippen LogP contribution >= 0.6 is 23.5 Å². The van der Waals surface area contributed by atoms with E-state index in [0.717, 1.165) is 9.79 Å². The van der Waals surface area contributed by atoms with Crippen molar-refractivity contribution in [2.24, 2.45) is 0 Å². The summed E-state index contributed by atoms with van der Waals surface area (Å²) in [5, 5.41) is 5.63. The van der Waals surface area contributed by atoms with Gasteiger partial charge in [-0.15, -0.1) is 23.5 Å². The quantitative estimate of drug-likeness (QED) is 0.559. The minimum Gasteiger partial charge on any atom is -0.321 e. The summed E-state index contributed by atoms with van der Waals surface area (Å²) >= 11 is 3.19. The summed E-state index contributed by atoms with van der Waals surface area (Å²) in [6.07, 6.45) is 3.94. The number of aromatic nitrogens is 1. The Morgan fingerprint density at radius 2 is 1.14 bits per heavy atom. The average Bonchev–Trinajstić information content (AvgIpc) is 2.74. The van der Waals surface area contributed by atoms with E-state index in [1.807, 2.05) is 61.0 Å². The molecule has 3 aromatic rings. The number of nitrogens with zero attached hydrogens (tertiary/aromatic N) is 1. The summed E-state index contributed by atoms with van der Waals surface area (Å²) in [6.45, 7) is 0. The number of carbonyl (C=O) groups excluding carboxylic acids is 2. The summed E-state index contributed by atoms with van der Waals surface area (Å²) in [4.78, 5) is 31.3. The molecule has 3 rings (SSSR count). The molecule has 2 N–H and O–H groups in total. The number of thioether (sulfide) groups is 2. The first kappa shape index (κ1) is 20.0. The van der Waals surface area contributed by atoms with Crippen LogP contribution in [0, 0.1) is 0 Å². The highest BCUT2D eigenvalue weighted by molar-refractivity contribution is 7.98. The van der Waals surface area contributed by atoms with Crippen LogP contribution in [-0.2, 0) is 0 Å². The third-order valence-electron chi connectivity index (χ3n) is 3.87. The molecule has 0 spiro atoms. The van der Waals surface area contributed by atoms with E-state index < -0.39 is 0 Å². The minimum absolute atomic E-state index is 0.181. The molecule has 2 aromatic carbocycles. The maximum Gasteiger partial charge on any atom is 0.274 e. The number of hydrogen-bond acceptors (Lipinski definition) is 5. The number of amides is 2. The van der Waals surface area contributed by atoms with Gasteiger partial charge in [-0.2, -0.15) is 0 Å². The van der Waals surface area contributed by atoms with Crippen LogP contribution in [0.25, 0.3) is 0 Å². The predicted molar refractivity (Wildman–Crippen MR) is 117 cm³/mol. The number of anilines is 2. The van der Waals surface area contributed by atoms with Gasteiger partial charge in [0.15, 0.2) is 0 Å². The van der Waals surface area contributed by atoms with E-state index in [1.54, 1.807) is 41.7 Å². The van der Waals surface area contributed by atoms with Gasteiger partial charge in [0.1, 0.15) is 11.4 Å². The van der Waals surface area contributed by atoms with Crippen LogP contribution in [0.1, 0.15) is 21.0 Å². The van der Waals surface area contributed by atoms with Crippen molar-refractivity contribution in [3.63, 3.8) is 0 Å². The van der Waals surface area contributed by atoms with Crippen LogP contribution in [0.5, 0.6) is 0 Å². The van der Waals surface area contributed by atoms with Gasteiger partial charge in [-0.25, -0.2) is 4.98 Å². The van der Waals surface area contributed by atoms with Crippen molar-refractivity contribution in [3.05, 3.63) is 78.1 Å². The first-order chi connectivity index (χ1) is 13.6. The maximum absolute atomic E-state index is 12.5. The van der Waals surface area contributed by atoms with Gasteiger partial charge < -0.3 is 10.6 Å². The van der Waals surface area contributed by atoms with Crippen molar-refractivity contribution in [1.82, 2.24) is 4.98 Å². The van der Waals surface area contributed by atoms with Crippen LogP contribution in [-0.4, -0.2) is 29.3 Å². The molecule has 1 aromatic heterocycles. The molecule has 0 unspecified atom stereocenters. The van der Waals surface area contributed by atoms with Gasteiger partial charge in [-0.3, -0.25) is 9.59 Å². The van der Waals surface area contributed by atoms with E-state index in [9.17, 15) is 9.59 Å². The lowest BCUT2D eigenvalue weighted by molar-refractivity contribution is 0.101. The fraction of sp³-hybridized carbons (Fsp3) is 0.0952. The van der Waals surface area contributed by atoms with Gasteiger partial charge in [-0.1, -0.05) is 18.2 Å². The lowest BCUT2D eigenvalue weighted by Gasteiger charge is -2.08. The lowest BCUT2D eigenvalue weighted by atomic mass is 10.2. The third kappa shape index (κ3) is 5.15. The van der Waals surface area contributed by atoms with Crippen molar-refractivity contribution >= 4 is 46.7 Å². The second-order valence-electron chi connectivity index (χ2n) is 5.78. The average molecular weight is 410 g/mol. The molecule has 0 bridgehead atoms. The Balaban J connectivity index is 1.73.